The number of primary sulfonamides is 1. The topological polar surface area (TPSA) is 80.5 Å². The number of nitrogens with zero attached hydrogens (tertiary/aromatic N) is 1. The highest BCUT2D eigenvalue weighted by atomic mass is 32.2. The molecule has 0 unspecified atom stereocenters. The number of likely N-dealkylation sites (tertiary alicyclic amines) is 1. The highest BCUT2D eigenvalue weighted by Gasteiger charge is 2.29. The molecule has 5 nitrogen and oxygen atoms in total. The fourth-order valence-electron chi connectivity index (χ4n) is 2.35. The van der Waals surface area contributed by atoms with Crippen LogP contribution >= 0.6 is 0 Å². The molecular formula is C14H19FN2O3S. The maximum atomic E-state index is 13.5. The molecule has 116 valence electrons. The molecule has 21 heavy (non-hydrogen) atoms. The molecule has 1 aliphatic rings. The number of carbonyl (C=O) groups excluding carboxylic acids is 1. The predicted molar refractivity (Wildman–Crippen MR) is 76.7 cm³/mol. The molecule has 1 aliphatic heterocycles. The van der Waals surface area contributed by atoms with Crippen LogP contribution in [0.3, 0.4) is 0 Å². The normalized spacial score (nSPS) is 18.6. The van der Waals surface area contributed by atoms with Gasteiger partial charge in [0.05, 0.1) is 0 Å². The fraction of sp³-hybridized carbons (Fsp3) is 0.500. The van der Waals surface area contributed by atoms with Crippen molar-refractivity contribution >= 4 is 15.9 Å². The van der Waals surface area contributed by atoms with Crippen LogP contribution in [0.15, 0.2) is 23.1 Å². The Hall–Kier alpha value is -1.47. The summed E-state index contributed by atoms with van der Waals surface area (Å²) < 4.78 is 36.1. The van der Waals surface area contributed by atoms with E-state index in [0.717, 1.165) is 25.0 Å². The third kappa shape index (κ3) is 3.59. The molecule has 1 saturated heterocycles. The molecule has 1 fully saturated rings. The van der Waals surface area contributed by atoms with E-state index in [1.165, 1.54) is 6.07 Å². The minimum atomic E-state index is -4.18. The Morgan fingerprint density at radius 3 is 2.38 bits per heavy atom. The van der Waals surface area contributed by atoms with Crippen LogP contribution in [0.5, 0.6) is 0 Å². The van der Waals surface area contributed by atoms with E-state index in [-0.39, 0.29) is 16.9 Å². The Labute approximate surface area is 124 Å². The van der Waals surface area contributed by atoms with Crippen LogP contribution in [0.4, 0.5) is 4.39 Å². The largest absolute Gasteiger partial charge is 0.339 e. The van der Waals surface area contributed by atoms with Gasteiger partial charge in [-0.15, -0.1) is 0 Å². The van der Waals surface area contributed by atoms with Gasteiger partial charge in [0.15, 0.2) is 0 Å². The number of sulfonamides is 1. The smallest absolute Gasteiger partial charge is 0.253 e. The molecule has 0 spiro atoms. The summed E-state index contributed by atoms with van der Waals surface area (Å²) in [7, 11) is -4.18. The van der Waals surface area contributed by atoms with E-state index in [1.807, 2.05) is 0 Å². The van der Waals surface area contributed by atoms with E-state index >= 15 is 0 Å². The van der Waals surface area contributed by atoms with Crippen molar-refractivity contribution in [3.05, 3.63) is 29.6 Å². The molecular weight excluding hydrogens is 295 g/mol. The van der Waals surface area contributed by atoms with Gasteiger partial charge in [-0.05, 0) is 36.5 Å². The highest BCUT2D eigenvalue weighted by Crippen LogP contribution is 2.30. The quantitative estimate of drug-likeness (QED) is 0.903. The number of hydrogen-bond acceptors (Lipinski definition) is 3. The first-order valence-electron chi connectivity index (χ1n) is 6.72. The van der Waals surface area contributed by atoms with Crippen molar-refractivity contribution in [3.63, 3.8) is 0 Å². The summed E-state index contributed by atoms with van der Waals surface area (Å²) in [5.74, 6) is -1.25. The van der Waals surface area contributed by atoms with Crippen LogP contribution in [-0.2, 0) is 10.0 Å². The Kier molecular flexibility index (Phi) is 4.08. The zero-order valence-electron chi connectivity index (χ0n) is 12.1. The number of carbonyl (C=O) groups is 1. The summed E-state index contributed by atoms with van der Waals surface area (Å²) in [5.41, 5.74) is 0.339. The number of amides is 1. The van der Waals surface area contributed by atoms with Crippen molar-refractivity contribution in [2.75, 3.05) is 13.1 Å². The minimum absolute atomic E-state index is 0.139. The Morgan fingerprint density at radius 2 is 1.86 bits per heavy atom. The maximum Gasteiger partial charge on any atom is 0.253 e. The van der Waals surface area contributed by atoms with Gasteiger partial charge in [-0.1, -0.05) is 13.8 Å². The van der Waals surface area contributed by atoms with E-state index < -0.39 is 20.7 Å². The number of nitrogens with two attached hydrogens (primary N) is 1. The van der Waals surface area contributed by atoms with Gasteiger partial charge in [0.1, 0.15) is 10.7 Å². The zero-order valence-corrected chi connectivity index (χ0v) is 12.9. The molecule has 2 rings (SSSR count). The second kappa shape index (κ2) is 5.38. The molecule has 1 heterocycles. The van der Waals surface area contributed by atoms with Crippen molar-refractivity contribution < 1.29 is 17.6 Å². The molecule has 0 radical (unpaired) electrons. The molecule has 1 aromatic carbocycles. The summed E-state index contributed by atoms with van der Waals surface area (Å²) in [4.78, 5) is 13.4. The number of hydrogen-bond donors (Lipinski definition) is 1. The summed E-state index contributed by atoms with van der Waals surface area (Å²) in [6.07, 6.45) is 1.75. The summed E-state index contributed by atoms with van der Waals surface area (Å²) in [6.45, 7) is 5.50. The lowest BCUT2D eigenvalue weighted by Crippen LogP contribution is -2.41. The average molecular weight is 314 g/mol. The maximum absolute atomic E-state index is 13.5. The van der Waals surface area contributed by atoms with E-state index in [9.17, 15) is 17.6 Å². The van der Waals surface area contributed by atoms with Crippen LogP contribution in [0, 0.1) is 11.2 Å². The Bertz CT molecular complexity index is 661. The van der Waals surface area contributed by atoms with Crippen molar-refractivity contribution in [1.82, 2.24) is 4.90 Å². The molecule has 0 saturated carbocycles. The van der Waals surface area contributed by atoms with Crippen LogP contribution < -0.4 is 5.14 Å². The third-order valence-corrected chi connectivity index (χ3v) is 4.81. The summed E-state index contributed by atoms with van der Waals surface area (Å²) >= 11 is 0. The monoisotopic (exact) mass is 314 g/mol. The summed E-state index contributed by atoms with van der Waals surface area (Å²) in [5, 5.41) is 4.95. The number of benzene rings is 1. The van der Waals surface area contributed by atoms with E-state index in [4.69, 9.17) is 5.14 Å². The molecule has 0 bridgehead atoms. The molecule has 0 aliphatic carbocycles. The zero-order chi connectivity index (χ0) is 15.8. The van der Waals surface area contributed by atoms with Crippen molar-refractivity contribution in [2.24, 2.45) is 10.6 Å². The fourth-order valence-corrected chi connectivity index (χ4v) is 2.98. The van der Waals surface area contributed by atoms with Gasteiger partial charge in [-0.3, -0.25) is 4.79 Å². The van der Waals surface area contributed by atoms with Gasteiger partial charge in [0.25, 0.3) is 5.91 Å². The van der Waals surface area contributed by atoms with Crippen molar-refractivity contribution in [3.8, 4) is 0 Å². The lowest BCUT2D eigenvalue weighted by molar-refractivity contribution is 0.0630. The number of piperidine rings is 1. The second-order valence-corrected chi connectivity index (χ2v) is 7.68. The Morgan fingerprint density at radius 1 is 1.29 bits per heavy atom. The molecule has 1 aromatic rings. The molecule has 0 atom stereocenters. The first-order chi connectivity index (χ1) is 9.60. The van der Waals surface area contributed by atoms with Crippen LogP contribution in [0.1, 0.15) is 37.0 Å². The van der Waals surface area contributed by atoms with Crippen LogP contribution in [0.25, 0.3) is 0 Å². The van der Waals surface area contributed by atoms with Crippen molar-refractivity contribution in [1.29, 1.82) is 0 Å². The van der Waals surface area contributed by atoms with Crippen LogP contribution in [0.2, 0.25) is 0 Å². The first kappa shape index (κ1) is 15.9. The molecule has 0 aromatic heterocycles. The lowest BCUT2D eigenvalue weighted by Gasteiger charge is -2.37. The van der Waals surface area contributed by atoms with E-state index in [1.54, 1.807) is 4.90 Å². The molecule has 7 heteroatoms. The Balaban J connectivity index is 2.25. The highest BCUT2D eigenvalue weighted by molar-refractivity contribution is 7.89. The van der Waals surface area contributed by atoms with Crippen LogP contribution in [-0.4, -0.2) is 32.3 Å². The lowest BCUT2D eigenvalue weighted by atomic mass is 9.82. The van der Waals surface area contributed by atoms with Gasteiger partial charge >= 0.3 is 0 Å². The van der Waals surface area contributed by atoms with Gasteiger partial charge in [0, 0.05) is 18.7 Å². The molecule has 2 N–H and O–H groups in total. The predicted octanol–water partition coefficient (Wildman–Crippen LogP) is 1.74. The van der Waals surface area contributed by atoms with Gasteiger partial charge in [-0.25, -0.2) is 17.9 Å². The minimum Gasteiger partial charge on any atom is -0.339 e. The van der Waals surface area contributed by atoms with Gasteiger partial charge in [-0.2, -0.15) is 0 Å². The standard InChI is InChI=1S/C14H19FN2O3S/c1-14(2)5-7-17(8-6-14)13(18)10-3-4-11(15)12(9-10)21(16,19)20/h3-4,9H,5-8H2,1-2H3,(H2,16,19,20). The van der Waals surface area contributed by atoms with E-state index in [0.29, 0.717) is 13.1 Å². The number of rotatable bonds is 2. The van der Waals surface area contributed by atoms with Gasteiger partial charge < -0.3 is 4.90 Å². The third-order valence-electron chi connectivity index (χ3n) is 3.89. The van der Waals surface area contributed by atoms with Crippen molar-refractivity contribution in [2.45, 2.75) is 31.6 Å². The summed E-state index contributed by atoms with van der Waals surface area (Å²) in [6, 6.07) is 3.25. The van der Waals surface area contributed by atoms with E-state index in [2.05, 4.69) is 13.8 Å². The van der Waals surface area contributed by atoms with Gasteiger partial charge in [0.2, 0.25) is 10.0 Å². The molecule has 1 amide bonds. The SMILES string of the molecule is CC1(C)CCN(C(=O)c2ccc(F)c(S(N)(=O)=O)c2)CC1. The number of halogens is 1. The first-order valence-corrected chi connectivity index (χ1v) is 8.26. The average Bonchev–Trinajstić information content (AvgIpc) is 2.37. The second-order valence-electron chi connectivity index (χ2n) is 6.15.